The number of rotatable bonds is 9. The second kappa shape index (κ2) is 10.6. The topological polar surface area (TPSA) is 97.4 Å². The second-order valence-corrected chi connectivity index (χ2v) is 7.48. The number of carbonyl (C=O) groups is 3. The van der Waals surface area contributed by atoms with Crippen LogP contribution in [0.3, 0.4) is 0 Å². The number of hydrogen-bond acceptors (Lipinski definition) is 7. The van der Waals surface area contributed by atoms with E-state index in [1.165, 1.54) is 6.08 Å². The number of thiazole rings is 1. The zero-order valence-electron chi connectivity index (χ0n) is 14.0. The zero-order valence-corrected chi connectivity index (χ0v) is 15.7. The Hall–Kier alpha value is -2.39. The van der Waals surface area contributed by atoms with Gasteiger partial charge in [0.2, 0.25) is 0 Å². The summed E-state index contributed by atoms with van der Waals surface area (Å²) in [6.45, 7) is 3.20. The quantitative estimate of drug-likeness (QED) is 0.294. The van der Waals surface area contributed by atoms with Crippen LogP contribution in [0.1, 0.15) is 12.8 Å². The summed E-state index contributed by atoms with van der Waals surface area (Å²) in [6, 6.07) is 7.27. The predicted octanol–water partition coefficient (Wildman–Crippen LogP) is 2.72. The average molecular weight is 393 g/mol. The molecule has 2 aromatic rings. The molecular formula is C17H19N3O4S2. The highest BCUT2D eigenvalue weighted by molar-refractivity contribution is 8.01. The Bertz CT molecular complexity index is 758. The maximum Gasteiger partial charge on any atom is 0.321 e. The van der Waals surface area contributed by atoms with Gasteiger partial charge in [0.05, 0.1) is 10.2 Å². The van der Waals surface area contributed by atoms with E-state index in [0.29, 0.717) is 6.42 Å². The third-order valence-corrected chi connectivity index (χ3v) is 5.31. The van der Waals surface area contributed by atoms with Crippen LogP contribution in [0, 0.1) is 0 Å². The predicted molar refractivity (Wildman–Crippen MR) is 102 cm³/mol. The molecule has 0 radical (unpaired) electrons. The minimum atomic E-state index is -0.677. The molecule has 0 spiro atoms. The van der Waals surface area contributed by atoms with E-state index in [2.05, 4.69) is 16.9 Å². The fourth-order valence-electron chi connectivity index (χ4n) is 1.88. The van der Waals surface area contributed by atoms with Gasteiger partial charge < -0.3 is 10.1 Å². The molecule has 0 aliphatic carbocycles. The SMILES string of the molecule is C=CCNC(=O)NC(=O)COC(=O)CCCSc1nc2ccccc2s1. The van der Waals surface area contributed by atoms with E-state index in [0.717, 1.165) is 20.3 Å². The lowest BCUT2D eigenvalue weighted by Gasteiger charge is -2.06. The monoisotopic (exact) mass is 393 g/mol. The number of ether oxygens (including phenoxy) is 1. The summed E-state index contributed by atoms with van der Waals surface area (Å²) in [6.07, 6.45) is 2.30. The van der Waals surface area contributed by atoms with Gasteiger partial charge in [-0.2, -0.15) is 0 Å². The molecule has 0 bridgehead atoms. The maximum absolute atomic E-state index is 11.6. The smallest absolute Gasteiger partial charge is 0.321 e. The van der Waals surface area contributed by atoms with Gasteiger partial charge in [0.1, 0.15) is 0 Å². The maximum atomic E-state index is 11.6. The lowest BCUT2D eigenvalue weighted by molar-refractivity contribution is -0.148. The first-order chi connectivity index (χ1) is 12.6. The third kappa shape index (κ3) is 6.85. The summed E-state index contributed by atoms with van der Waals surface area (Å²) in [5, 5.41) is 4.43. The number of urea groups is 1. The number of nitrogens with zero attached hydrogens (tertiary/aromatic N) is 1. The van der Waals surface area contributed by atoms with Gasteiger partial charge in [-0.05, 0) is 18.6 Å². The Kier molecular flexibility index (Phi) is 8.10. The minimum Gasteiger partial charge on any atom is -0.456 e. The molecule has 0 unspecified atom stereocenters. The summed E-state index contributed by atoms with van der Waals surface area (Å²) in [5.41, 5.74) is 0.975. The van der Waals surface area contributed by atoms with Crippen molar-refractivity contribution < 1.29 is 19.1 Å². The average Bonchev–Trinajstić information content (AvgIpc) is 3.04. The van der Waals surface area contributed by atoms with Gasteiger partial charge in [0.15, 0.2) is 10.9 Å². The first kappa shape index (κ1) is 19.9. The lowest BCUT2D eigenvalue weighted by atomic mass is 10.3. The Balaban J connectivity index is 1.59. The van der Waals surface area contributed by atoms with Gasteiger partial charge in [-0.1, -0.05) is 30.0 Å². The van der Waals surface area contributed by atoms with Gasteiger partial charge in [-0.25, -0.2) is 9.78 Å². The van der Waals surface area contributed by atoms with Gasteiger partial charge >= 0.3 is 12.0 Å². The fraction of sp³-hybridized carbons (Fsp3) is 0.294. The molecular weight excluding hydrogens is 374 g/mol. The molecule has 0 fully saturated rings. The second-order valence-electron chi connectivity index (χ2n) is 5.11. The Morgan fingerprint density at radius 3 is 2.88 bits per heavy atom. The number of para-hydroxylation sites is 1. The highest BCUT2D eigenvalue weighted by Crippen LogP contribution is 2.29. The number of esters is 1. The van der Waals surface area contributed by atoms with Crippen LogP contribution in [0.25, 0.3) is 10.2 Å². The van der Waals surface area contributed by atoms with E-state index in [1.54, 1.807) is 23.1 Å². The number of hydrogen-bond donors (Lipinski definition) is 2. The third-order valence-electron chi connectivity index (χ3n) is 3.05. The number of carbonyl (C=O) groups excluding carboxylic acids is 3. The summed E-state index contributed by atoms with van der Waals surface area (Å²) in [5.74, 6) is -0.425. The highest BCUT2D eigenvalue weighted by atomic mass is 32.2. The molecule has 0 saturated carbocycles. The van der Waals surface area contributed by atoms with Crippen molar-refractivity contribution in [3.05, 3.63) is 36.9 Å². The van der Waals surface area contributed by atoms with Crippen LogP contribution in [0.2, 0.25) is 0 Å². The molecule has 3 amide bonds. The van der Waals surface area contributed by atoms with Gasteiger partial charge in [-0.15, -0.1) is 17.9 Å². The number of nitrogens with one attached hydrogen (secondary N) is 2. The molecule has 1 aromatic carbocycles. The van der Waals surface area contributed by atoms with E-state index in [4.69, 9.17) is 4.74 Å². The van der Waals surface area contributed by atoms with Crippen molar-refractivity contribution in [3.63, 3.8) is 0 Å². The van der Waals surface area contributed by atoms with Crippen molar-refractivity contribution in [1.29, 1.82) is 0 Å². The number of amides is 3. The van der Waals surface area contributed by atoms with E-state index >= 15 is 0 Å². The van der Waals surface area contributed by atoms with Crippen molar-refractivity contribution in [2.75, 3.05) is 18.9 Å². The van der Waals surface area contributed by atoms with Gasteiger partial charge in [0, 0.05) is 18.7 Å². The molecule has 26 heavy (non-hydrogen) atoms. The van der Waals surface area contributed by atoms with Crippen molar-refractivity contribution in [2.45, 2.75) is 17.2 Å². The standard InChI is InChI=1S/C17H19N3O4S2/c1-2-9-18-16(23)20-14(21)11-24-15(22)8-5-10-25-17-19-12-6-3-4-7-13(12)26-17/h2-4,6-7H,1,5,8-11H2,(H2,18,20,21,23). The molecule has 7 nitrogen and oxygen atoms in total. The molecule has 2 rings (SSSR count). The Morgan fingerprint density at radius 2 is 2.12 bits per heavy atom. The van der Waals surface area contributed by atoms with Crippen LogP contribution in [0.15, 0.2) is 41.3 Å². The normalized spacial score (nSPS) is 10.3. The van der Waals surface area contributed by atoms with E-state index in [-0.39, 0.29) is 13.0 Å². The highest BCUT2D eigenvalue weighted by Gasteiger charge is 2.10. The number of benzene rings is 1. The Labute approximate surface area is 159 Å². The largest absolute Gasteiger partial charge is 0.456 e. The van der Waals surface area contributed by atoms with Crippen LogP contribution < -0.4 is 10.6 Å². The van der Waals surface area contributed by atoms with E-state index < -0.39 is 24.5 Å². The molecule has 0 atom stereocenters. The molecule has 0 saturated heterocycles. The van der Waals surface area contributed by atoms with Crippen molar-refractivity contribution >= 4 is 51.2 Å². The van der Waals surface area contributed by atoms with Crippen LogP contribution in [0.4, 0.5) is 4.79 Å². The summed E-state index contributed by atoms with van der Waals surface area (Å²) < 4.78 is 6.94. The van der Waals surface area contributed by atoms with Crippen LogP contribution in [-0.2, 0) is 14.3 Å². The fourth-order valence-corrected chi connectivity index (χ4v) is 3.96. The van der Waals surface area contributed by atoms with Crippen molar-refractivity contribution in [2.24, 2.45) is 0 Å². The minimum absolute atomic E-state index is 0.202. The van der Waals surface area contributed by atoms with Crippen molar-refractivity contribution in [1.82, 2.24) is 15.6 Å². The molecule has 0 aliphatic rings. The molecule has 9 heteroatoms. The number of imide groups is 1. The molecule has 138 valence electrons. The van der Waals surface area contributed by atoms with Gasteiger partial charge in [-0.3, -0.25) is 14.9 Å². The number of aromatic nitrogens is 1. The van der Waals surface area contributed by atoms with E-state index in [1.807, 2.05) is 29.6 Å². The molecule has 2 N–H and O–H groups in total. The summed E-state index contributed by atoms with van der Waals surface area (Å²) in [7, 11) is 0. The van der Waals surface area contributed by atoms with Crippen molar-refractivity contribution in [3.8, 4) is 0 Å². The molecule has 1 heterocycles. The number of thioether (sulfide) groups is 1. The number of fused-ring (bicyclic) bond motifs is 1. The van der Waals surface area contributed by atoms with Crippen LogP contribution in [-0.4, -0.2) is 41.8 Å². The summed E-state index contributed by atoms with van der Waals surface area (Å²) >= 11 is 3.21. The van der Waals surface area contributed by atoms with Gasteiger partial charge in [0.25, 0.3) is 5.91 Å². The van der Waals surface area contributed by atoms with Crippen LogP contribution >= 0.6 is 23.1 Å². The zero-order chi connectivity index (χ0) is 18.8. The summed E-state index contributed by atoms with van der Waals surface area (Å²) in [4.78, 5) is 38.8. The molecule has 0 aliphatic heterocycles. The van der Waals surface area contributed by atoms with E-state index in [9.17, 15) is 14.4 Å². The first-order valence-corrected chi connectivity index (χ1v) is 9.71. The lowest BCUT2D eigenvalue weighted by Crippen LogP contribution is -2.41. The molecule has 1 aromatic heterocycles. The Morgan fingerprint density at radius 1 is 1.31 bits per heavy atom. The first-order valence-electron chi connectivity index (χ1n) is 7.91. The van der Waals surface area contributed by atoms with Crippen LogP contribution in [0.5, 0.6) is 0 Å².